The van der Waals surface area contributed by atoms with Crippen LogP contribution in [-0.4, -0.2) is 43.5 Å². The van der Waals surface area contributed by atoms with E-state index in [0.29, 0.717) is 25.3 Å². The van der Waals surface area contributed by atoms with E-state index in [9.17, 15) is 9.59 Å². The molecule has 0 heterocycles. The molecule has 2 aromatic carbocycles. The minimum absolute atomic E-state index is 0.0537. The summed E-state index contributed by atoms with van der Waals surface area (Å²) in [6.07, 6.45) is 0. The normalized spacial score (nSPS) is 10.3. The fraction of sp³-hybridized carbons (Fsp3) is 0.263. The average Bonchev–Trinajstić information content (AvgIpc) is 2.63. The molecule has 2 amide bonds. The monoisotopic (exact) mass is 404 g/mol. The number of nitrogens with one attached hydrogen (secondary N) is 1. The van der Waals surface area contributed by atoms with Crippen LogP contribution < -0.4 is 5.32 Å². The third-order valence-electron chi connectivity index (χ3n) is 3.62. The number of nitrogens with zero attached hydrogens (tertiary/aromatic N) is 1. The maximum Gasteiger partial charge on any atom is 0.251 e. The van der Waals surface area contributed by atoms with Crippen LogP contribution in [-0.2, 0) is 16.1 Å². The number of halogens is 1. The predicted octanol–water partition coefficient (Wildman–Crippen LogP) is 2.85. The van der Waals surface area contributed by atoms with E-state index in [1.807, 2.05) is 36.4 Å². The Hall–Kier alpha value is -2.18. The van der Waals surface area contributed by atoms with Crippen LogP contribution in [0.1, 0.15) is 15.9 Å². The molecule has 0 saturated heterocycles. The van der Waals surface area contributed by atoms with Gasteiger partial charge in [0.2, 0.25) is 5.91 Å². The third kappa shape index (κ3) is 6.32. The van der Waals surface area contributed by atoms with E-state index >= 15 is 0 Å². The second-order valence-electron chi connectivity index (χ2n) is 5.49. The lowest BCUT2D eigenvalue weighted by atomic mass is 10.2. The van der Waals surface area contributed by atoms with Crippen LogP contribution in [0.5, 0.6) is 0 Å². The topological polar surface area (TPSA) is 58.6 Å². The van der Waals surface area contributed by atoms with Gasteiger partial charge in [0.25, 0.3) is 5.91 Å². The van der Waals surface area contributed by atoms with Crippen LogP contribution in [0.25, 0.3) is 0 Å². The van der Waals surface area contributed by atoms with Crippen molar-refractivity contribution < 1.29 is 14.3 Å². The molecule has 6 heteroatoms. The van der Waals surface area contributed by atoms with E-state index in [0.717, 1.165) is 10.0 Å². The molecule has 5 nitrogen and oxygen atoms in total. The smallest absolute Gasteiger partial charge is 0.251 e. The van der Waals surface area contributed by atoms with Crippen molar-refractivity contribution in [2.45, 2.75) is 6.54 Å². The fourth-order valence-corrected chi connectivity index (χ4v) is 2.70. The molecule has 0 aromatic heterocycles. The van der Waals surface area contributed by atoms with Gasteiger partial charge < -0.3 is 15.0 Å². The molecule has 0 atom stereocenters. The molecule has 0 aliphatic rings. The van der Waals surface area contributed by atoms with Gasteiger partial charge >= 0.3 is 0 Å². The van der Waals surface area contributed by atoms with Crippen molar-refractivity contribution in [3.8, 4) is 0 Å². The van der Waals surface area contributed by atoms with Crippen LogP contribution in [0, 0.1) is 0 Å². The van der Waals surface area contributed by atoms with Gasteiger partial charge in [-0.15, -0.1) is 0 Å². The Labute approximate surface area is 156 Å². The highest BCUT2D eigenvalue weighted by Crippen LogP contribution is 2.11. The molecular weight excluding hydrogens is 384 g/mol. The molecule has 0 radical (unpaired) electrons. The Balaban J connectivity index is 1.95. The predicted molar refractivity (Wildman–Crippen MR) is 100 cm³/mol. The Morgan fingerprint density at radius 2 is 1.88 bits per heavy atom. The van der Waals surface area contributed by atoms with Gasteiger partial charge in [0, 0.05) is 30.2 Å². The molecule has 0 fully saturated rings. The number of methoxy groups -OCH3 is 1. The molecular formula is C19H21BrN2O3. The van der Waals surface area contributed by atoms with Crippen molar-refractivity contribution in [1.82, 2.24) is 10.2 Å². The molecule has 1 N–H and O–H groups in total. The second kappa shape index (κ2) is 9.96. The van der Waals surface area contributed by atoms with E-state index in [2.05, 4.69) is 21.2 Å². The van der Waals surface area contributed by atoms with Gasteiger partial charge in [-0.25, -0.2) is 0 Å². The van der Waals surface area contributed by atoms with Crippen LogP contribution in [0.4, 0.5) is 0 Å². The Morgan fingerprint density at radius 3 is 2.56 bits per heavy atom. The molecule has 0 aliphatic carbocycles. The largest absolute Gasteiger partial charge is 0.383 e. The van der Waals surface area contributed by atoms with E-state index in [-0.39, 0.29) is 18.4 Å². The zero-order valence-electron chi connectivity index (χ0n) is 14.1. The first-order valence-corrected chi connectivity index (χ1v) is 8.74. The average molecular weight is 405 g/mol. The van der Waals surface area contributed by atoms with Crippen molar-refractivity contribution in [2.24, 2.45) is 0 Å². The number of rotatable bonds is 8. The molecule has 0 spiro atoms. The lowest BCUT2D eigenvalue weighted by molar-refractivity contribution is -0.131. The number of ether oxygens (including phenoxy) is 1. The van der Waals surface area contributed by atoms with Gasteiger partial charge in [0.15, 0.2) is 0 Å². The molecule has 0 aliphatic heterocycles. The maximum atomic E-state index is 12.5. The summed E-state index contributed by atoms with van der Waals surface area (Å²) in [6.45, 7) is 1.34. The lowest BCUT2D eigenvalue weighted by Gasteiger charge is -2.22. The van der Waals surface area contributed by atoms with E-state index in [4.69, 9.17) is 4.74 Å². The lowest BCUT2D eigenvalue weighted by Crippen LogP contribution is -2.41. The van der Waals surface area contributed by atoms with Crippen LogP contribution in [0.3, 0.4) is 0 Å². The summed E-state index contributed by atoms with van der Waals surface area (Å²) in [5.74, 6) is -0.426. The van der Waals surface area contributed by atoms with Crippen molar-refractivity contribution in [1.29, 1.82) is 0 Å². The zero-order valence-corrected chi connectivity index (χ0v) is 15.7. The Morgan fingerprint density at radius 1 is 1.12 bits per heavy atom. The number of hydrogen-bond acceptors (Lipinski definition) is 3. The number of amides is 2. The van der Waals surface area contributed by atoms with Crippen molar-refractivity contribution in [2.75, 3.05) is 26.8 Å². The number of benzene rings is 2. The minimum Gasteiger partial charge on any atom is -0.383 e. The summed E-state index contributed by atoms with van der Waals surface area (Å²) in [5, 5.41) is 2.68. The SMILES string of the molecule is COCCN(Cc1ccccc1)C(=O)CNC(=O)c1cccc(Br)c1. The number of hydrogen-bond donors (Lipinski definition) is 1. The quantitative estimate of drug-likeness (QED) is 0.735. The van der Waals surface area contributed by atoms with Crippen molar-refractivity contribution in [3.05, 3.63) is 70.2 Å². The van der Waals surface area contributed by atoms with Crippen LogP contribution in [0.2, 0.25) is 0 Å². The molecule has 2 aromatic rings. The van der Waals surface area contributed by atoms with Gasteiger partial charge in [-0.3, -0.25) is 9.59 Å². The second-order valence-corrected chi connectivity index (χ2v) is 6.40. The number of carbonyl (C=O) groups excluding carboxylic acids is 2. The third-order valence-corrected chi connectivity index (χ3v) is 4.11. The molecule has 0 bridgehead atoms. The Kier molecular flexibility index (Phi) is 7.63. The maximum absolute atomic E-state index is 12.5. The van der Waals surface area contributed by atoms with Gasteiger partial charge in [-0.05, 0) is 23.8 Å². The summed E-state index contributed by atoms with van der Waals surface area (Å²) in [5.41, 5.74) is 1.54. The van der Waals surface area contributed by atoms with Gasteiger partial charge in [0.05, 0.1) is 13.2 Å². The van der Waals surface area contributed by atoms with Crippen molar-refractivity contribution in [3.63, 3.8) is 0 Å². The van der Waals surface area contributed by atoms with E-state index in [1.54, 1.807) is 30.2 Å². The molecule has 2 rings (SSSR count). The summed E-state index contributed by atoms with van der Waals surface area (Å²) in [6, 6.07) is 16.8. The van der Waals surface area contributed by atoms with Gasteiger partial charge in [-0.1, -0.05) is 52.3 Å². The van der Waals surface area contributed by atoms with Crippen molar-refractivity contribution >= 4 is 27.7 Å². The highest BCUT2D eigenvalue weighted by atomic mass is 79.9. The molecule has 132 valence electrons. The molecule has 25 heavy (non-hydrogen) atoms. The van der Waals surface area contributed by atoms with E-state index < -0.39 is 0 Å². The fourth-order valence-electron chi connectivity index (χ4n) is 2.30. The first-order chi connectivity index (χ1) is 12.1. The minimum atomic E-state index is -0.277. The zero-order chi connectivity index (χ0) is 18.1. The Bertz CT molecular complexity index is 707. The number of carbonyl (C=O) groups is 2. The standard InChI is InChI=1S/C19H21BrN2O3/c1-25-11-10-22(14-15-6-3-2-4-7-15)18(23)13-21-19(24)16-8-5-9-17(20)12-16/h2-9,12H,10-11,13-14H2,1H3,(H,21,24). The summed E-state index contributed by atoms with van der Waals surface area (Å²) >= 11 is 3.33. The first kappa shape index (κ1) is 19.1. The van der Waals surface area contributed by atoms with Gasteiger partial charge in [-0.2, -0.15) is 0 Å². The van der Waals surface area contributed by atoms with Crippen LogP contribution in [0.15, 0.2) is 59.1 Å². The summed E-state index contributed by atoms with van der Waals surface area (Å²) in [7, 11) is 1.60. The first-order valence-electron chi connectivity index (χ1n) is 7.94. The molecule has 0 unspecified atom stereocenters. The van der Waals surface area contributed by atoms with E-state index in [1.165, 1.54) is 0 Å². The highest BCUT2D eigenvalue weighted by Gasteiger charge is 2.15. The van der Waals surface area contributed by atoms with Crippen LogP contribution >= 0.6 is 15.9 Å². The summed E-state index contributed by atoms with van der Waals surface area (Å²) in [4.78, 5) is 26.4. The van der Waals surface area contributed by atoms with Gasteiger partial charge in [0.1, 0.15) is 0 Å². The highest BCUT2D eigenvalue weighted by molar-refractivity contribution is 9.10. The molecule has 0 saturated carbocycles. The summed E-state index contributed by atoms with van der Waals surface area (Å²) < 4.78 is 5.90.